The van der Waals surface area contributed by atoms with E-state index < -0.39 is 5.82 Å². The molecule has 1 aromatic heterocycles. The Labute approximate surface area is 132 Å². The van der Waals surface area contributed by atoms with Crippen molar-refractivity contribution in [2.75, 3.05) is 25.5 Å². The fourth-order valence-electron chi connectivity index (χ4n) is 2.64. The summed E-state index contributed by atoms with van der Waals surface area (Å²) in [6.07, 6.45) is 2.74. The Morgan fingerprint density at radius 1 is 1.43 bits per heavy atom. The van der Waals surface area contributed by atoms with Crippen LogP contribution >= 0.6 is 0 Å². The number of rotatable bonds is 4. The van der Waals surface area contributed by atoms with Crippen LogP contribution in [0.5, 0.6) is 0 Å². The van der Waals surface area contributed by atoms with Gasteiger partial charge in [0, 0.05) is 24.6 Å². The van der Waals surface area contributed by atoms with Gasteiger partial charge in [0.05, 0.1) is 12.8 Å². The van der Waals surface area contributed by atoms with E-state index in [4.69, 9.17) is 4.84 Å². The van der Waals surface area contributed by atoms with Crippen LogP contribution in [0, 0.1) is 11.7 Å². The number of carbonyl (C=O) groups is 1. The zero-order chi connectivity index (χ0) is 16.2. The smallest absolute Gasteiger partial charge is 0.227 e. The number of aromatic amines is 1. The Bertz CT molecular complexity index is 669. The van der Waals surface area contributed by atoms with Gasteiger partial charge in [0.1, 0.15) is 12.1 Å². The number of H-pyrrole nitrogens is 1. The summed E-state index contributed by atoms with van der Waals surface area (Å²) < 4.78 is 14.2. The summed E-state index contributed by atoms with van der Waals surface area (Å²) in [4.78, 5) is 21.4. The number of hydrogen-bond donors (Lipinski definition) is 2. The minimum absolute atomic E-state index is 0.130. The second-order valence-corrected chi connectivity index (χ2v) is 5.40. The molecule has 23 heavy (non-hydrogen) atoms. The van der Waals surface area contributed by atoms with Gasteiger partial charge in [-0.25, -0.2) is 9.37 Å². The zero-order valence-corrected chi connectivity index (χ0v) is 12.8. The number of benzene rings is 1. The van der Waals surface area contributed by atoms with E-state index in [2.05, 4.69) is 20.5 Å². The SMILES string of the molecule is CON1CCC(C(=O)Nc2ccc(-c3ncn[nH]3)cc2F)CC1. The topological polar surface area (TPSA) is 83.1 Å². The highest BCUT2D eigenvalue weighted by Crippen LogP contribution is 2.24. The summed E-state index contributed by atoms with van der Waals surface area (Å²) >= 11 is 0. The maximum absolute atomic E-state index is 14.2. The highest BCUT2D eigenvalue weighted by Gasteiger charge is 2.25. The lowest BCUT2D eigenvalue weighted by molar-refractivity contribution is -0.152. The lowest BCUT2D eigenvalue weighted by Gasteiger charge is -2.29. The number of hydrogen-bond acceptors (Lipinski definition) is 5. The van der Waals surface area contributed by atoms with Crippen LogP contribution < -0.4 is 5.32 Å². The number of carbonyl (C=O) groups excluding carboxylic acids is 1. The molecule has 8 heteroatoms. The third kappa shape index (κ3) is 3.54. The molecule has 0 radical (unpaired) electrons. The average Bonchev–Trinajstić information content (AvgIpc) is 3.11. The van der Waals surface area contributed by atoms with Gasteiger partial charge in [0.15, 0.2) is 5.82 Å². The van der Waals surface area contributed by atoms with Gasteiger partial charge in [0.2, 0.25) is 5.91 Å². The van der Waals surface area contributed by atoms with Crippen molar-refractivity contribution < 1.29 is 14.0 Å². The molecule has 0 bridgehead atoms. The predicted octanol–water partition coefficient (Wildman–Crippen LogP) is 1.82. The van der Waals surface area contributed by atoms with Crippen molar-refractivity contribution in [3.63, 3.8) is 0 Å². The molecule has 1 saturated heterocycles. The van der Waals surface area contributed by atoms with Gasteiger partial charge in [0.25, 0.3) is 0 Å². The zero-order valence-electron chi connectivity index (χ0n) is 12.8. The van der Waals surface area contributed by atoms with Crippen molar-refractivity contribution >= 4 is 11.6 Å². The quantitative estimate of drug-likeness (QED) is 0.898. The number of halogens is 1. The van der Waals surface area contributed by atoms with Crippen molar-refractivity contribution in [2.45, 2.75) is 12.8 Å². The van der Waals surface area contributed by atoms with Gasteiger partial charge in [-0.15, -0.1) is 0 Å². The highest BCUT2D eigenvalue weighted by atomic mass is 19.1. The molecule has 2 aromatic rings. The second-order valence-electron chi connectivity index (χ2n) is 5.40. The van der Waals surface area contributed by atoms with Gasteiger partial charge in [-0.1, -0.05) is 0 Å². The van der Waals surface area contributed by atoms with Crippen molar-refractivity contribution in [1.82, 2.24) is 20.2 Å². The molecule has 122 valence electrons. The molecule has 0 aliphatic carbocycles. The molecule has 1 amide bonds. The lowest BCUT2D eigenvalue weighted by Crippen LogP contribution is -2.37. The summed E-state index contributed by atoms with van der Waals surface area (Å²) in [5.41, 5.74) is 0.749. The van der Waals surface area contributed by atoms with Crippen LogP contribution in [0.2, 0.25) is 0 Å². The largest absolute Gasteiger partial charge is 0.323 e. The first-order valence-corrected chi connectivity index (χ1v) is 7.42. The number of anilines is 1. The molecule has 2 N–H and O–H groups in total. The van der Waals surface area contributed by atoms with Crippen molar-refractivity contribution in [1.29, 1.82) is 0 Å². The molecular formula is C15H18FN5O2. The standard InChI is InChI=1S/C15H18FN5O2/c1-23-21-6-4-10(5-7-21)15(22)19-13-3-2-11(8-12(13)16)14-17-9-18-20-14/h2-3,8-10H,4-7H2,1H3,(H,19,22)(H,17,18,20). The van der Waals surface area contributed by atoms with E-state index in [0.717, 1.165) is 0 Å². The minimum Gasteiger partial charge on any atom is -0.323 e. The lowest BCUT2D eigenvalue weighted by atomic mass is 9.97. The Balaban J connectivity index is 1.65. The molecule has 0 saturated carbocycles. The maximum atomic E-state index is 14.2. The monoisotopic (exact) mass is 319 g/mol. The van der Waals surface area contributed by atoms with Crippen LogP contribution in [0.1, 0.15) is 12.8 Å². The van der Waals surface area contributed by atoms with E-state index in [1.807, 2.05) is 5.06 Å². The van der Waals surface area contributed by atoms with Gasteiger partial charge < -0.3 is 10.2 Å². The Hall–Kier alpha value is -2.32. The molecule has 0 unspecified atom stereocenters. The third-order valence-electron chi connectivity index (χ3n) is 4.00. The van der Waals surface area contributed by atoms with Gasteiger partial charge in [-0.3, -0.25) is 9.89 Å². The average molecular weight is 319 g/mol. The third-order valence-corrected chi connectivity index (χ3v) is 4.00. The molecule has 7 nitrogen and oxygen atoms in total. The van der Waals surface area contributed by atoms with Crippen molar-refractivity contribution in [3.8, 4) is 11.4 Å². The number of amides is 1. The summed E-state index contributed by atoms with van der Waals surface area (Å²) in [7, 11) is 1.62. The first-order chi connectivity index (χ1) is 11.2. The Kier molecular flexibility index (Phi) is 4.63. The summed E-state index contributed by atoms with van der Waals surface area (Å²) in [6, 6.07) is 4.55. The Morgan fingerprint density at radius 3 is 2.83 bits per heavy atom. The van der Waals surface area contributed by atoms with Crippen LogP contribution in [-0.2, 0) is 9.63 Å². The highest BCUT2D eigenvalue weighted by molar-refractivity contribution is 5.93. The molecule has 0 atom stereocenters. The molecule has 1 aliphatic rings. The van der Waals surface area contributed by atoms with Crippen LogP contribution in [-0.4, -0.2) is 46.4 Å². The predicted molar refractivity (Wildman–Crippen MR) is 81.7 cm³/mol. The number of aromatic nitrogens is 3. The Morgan fingerprint density at radius 2 is 2.22 bits per heavy atom. The first kappa shape index (κ1) is 15.6. The number of nitrogens with one attached hydrogen (secondary N) is 2. The van der Waals surface area contributed by atoms with Crippen molar-refractivity contribution in [3.05, 3.63) is 30.3 Å². The van der Waals surface area contributed by atoms with Gasteiger partial charge >= 0.3 is 0 Å². The van der Waals surface area contributed by atoms with Crippen LogP contribution in [0.15, 0.2) is 24.5 Å². The molecule has 0 spiro atoms. The van der Waals surface area contributed by atoms with E-state index in [0.29, 0.717) is 37.3 Å². The summed E-state index contributed by atoms with van der Waals surface area (Å²) in [5.74, 6) is -0.308. The van der Waals surface area contributed by atoms with E-state index in [-0.39, 0.29) is 17.5 Å². The number of hydroxylamine groups is 2. The molecular weight excluding hydrogens is 301 g/mol. The van der Waals surface area contributed by atoms with E-state index in [1.54, 1.807) is 13.2 Å². The van der Waals surface area contributed by atoms with E-state index in [9.17, 15) is 9.18 Å². The number of nitrogens with zero attached hydrogens (tertiary/aromatic N) is 3. The first-order valence-electron chi connectivity index (χ1n) is 7.42. The number of piperidine rings is 1. The normalized spacial score (nSPS) is 16.4. The molecule has 3 rings (SSSR count). The van der Waals surface area contributed by atoms with Crippen molar-refractivity contribution in [2.24, 2.45) is 5.92 Å². The van der Waals surface area contributed by atoms with Gasteiger partial charge in [-0.2, -0.15) is 10.2 Å². The summed E-state index contributed by atoms with van der Waals surface area (Å²) in [5, 5.41) is 10.9. The van der Waals surface area contributed by atoms with E-state index in [1.165, 1.54) is 18.5 Å². The fraction of sp³-hybridized carbons (Fsp3) is 0.400. The maximum Gasteiger partial charge on any atom is 0.227 e. The van der Waals surface area contributed by atoms with E-state index >= 15 is 0 Å². The van der Waals surface area contributed by atoms with Gasteiger partial charge in [-0.05, 0) is 31.0 Å². The molecule has 1 aliphatic heterocycles. The second kappa shape index (κ2) is 6.84. The van der Waals surface area contributed by atoms with Crippen LogP contribution in [0.25, 0.3) is 11.4 Å². The fourth-order valence-corrected chi connectivity index (χ4v) is 2.64. The van der Waals surface area contributed by atoms with Crippen LogP contribution in [0.3, 0.4) is 0 Å². The minimum atomic E-state index is -0.499. The molecule has 1 fully saturated rings. The summed E-state index contributed by atoms with van der Waals surface area (Å²) in [6.45, 7) is 1.39. The molecule has 1 aromatic carbocycles. The molecule has 2 heterocycles. The van der Waals surface area contributed by atoms with Crippen LogP contribution in [0.4, 0.5) is 10.1 Å².